The monoisotopic (exact) mass is 967 g/mol. The number of anilines is 1. The fourth-order valence-corrected chi connectivity index (χ4v) is 14.1. The van der Waals surface area contributed by atoms with Crippen LogP contribution in [-0.4, -0.2) is 85.0 Å². The summed E-state index contributed by atoms with van der Waals surface area (Å²) in [7, 11) is 5.19. The van der Waals surface area contributed by atoms with Crippen LogP contribution in [0, 0.1) is 52.9 Å². The number of carbonyl (C=O) groups excluding carboxylic acids is 1. The lowest BCUT2D eigenvalue weighted by atomic mass is 9.50. The van der Waals surface area contributed by atoms with Crippen LogP contribution in [-0.2, 0) is 21.4 Å². The van der Waals surface area contributed by atoms with Crippen LogP contribution in [0.15, 0.2) is 47.5 Å². The highest BCUT2D eigenvalue weighted by Gasteiger charge is 2.57. The first-order valence-electron chi connectivity index (χ1n) is 27.2. The number of guanidine groups is 1. The summed E-state index contributed by atoms with van der Waals surface area (Å²) in [5.41, 5.74) is 0.763. The summed E-state index contributed by atoms with van der Waals surface area (Å²) in [6, 6.07) is 12.8. The predicted molar refractivity (Wildman–Crippen MR) is 278 cm³/mol. The molecule has 10 atom stereocenters. The minimum atomic E-state index is -0.834. The molecule has 1 aliphatic heterocycles. The molecular weight excluding hydrogens is 881 g/mol. The van der Waals surface area contributed by atoms with Gasteiger partial charge in [-0.2, -0.15) is 0 Å². The molecule has 4 aliphatic carbocycles. The van der Waals surface area contributed by atoms with Crippen molar-refractivity contribution in [2.45, 2.75) is 172 Å². The fourth-order valence-electron chi connectivity index (χ4n) is 14.1. The molecule has 10 unspecified atom stereocenters. The van der Waals surface area contributed by atoms with Crippen LogP contribution in [0.25, 0.3) is 0 Å². The number of hydrogen-bond acceptors (Lipinski definition) is 10. The normalized spacial score (nSPS) is 30.7. The Hall–Kier alpha value is -4.28. The van der Waals surface area contributed by atoms with E-state index in [0.29, 0.717) is 73.8 Å². The predicted octanol–water partition coefficient (Wildman–Crippen LogP) is 10.3. The van der Waals surface area contributed by atoms with Gasteiger partial charge in [0, 0.05) is 56.5 Å². The van der Waals surface area contributed by atoms with Gasteiger partial charge in [0.15, 0.2) is 35.1 Å². The third-order valence-electron chi connectivity index (χ3n) is 17.4. The average Bonchev–Trinajstić information content (AvgIpc) is 4.10. The van der Waals surface area contributed by atoms with Crippen LogP contribution in [0.1, 0.15) is 160 Å². The average molecular weight is 967 g/mol. The largest absolute Gasteiger partial charge is 0.504 e. The number of ketones is 1. The Bertz CT molecular complexity index is 2170. The van der Waals surface area contributed by atoms with Crippen molar-refractivity contribution < 1.29 is 39.4 Å². The minimum absolute atomic E-state index is 0.000131. The van der Waals surface area contributed by atoms with Crippen LogP contribution in [0.3, 0.4) is 0 Å². The lowest BCUT2D eigenvalue weighted by Gasteiger charge is -2.54. The molecule has 70 heavy (non-hydrogen) atoms. The molecule has 0 amide bonds. The van der Waals surface area contributed by atoms with Crippen molar-refractivity contribution in [2.24, 2.45) is 45.9 Å². The Balaban J connectivity index is 1.34. The summed E-state index contributed by atoms with van der Waals surface area (Å²) >= 11 is 0. The van der Waals surface area contributed by atoms with Crippen molar-refractivity contribution in [2.75, 3.05) is 46.3 Å². The molecule has 4 saturated carbocycles. The number of rotatable bonds is 21. The summed E-state index contributed by atoms with van der Waals surface area (Å²) in [4.78, 5) is 20.1. The van der Waals surface area contributed by atoms with E-state index in [4.69, 9.17) is 14.2 Å². The first-order chi connectivity index (χ1) is 34.0. The van der Waals surface area contributed by atoms with Gasteiger partial charge >= 0.3 is 0 Å². The van der Waals surface area contributed by atoms with E-state index in [0.717, 1.165) is 127 Å². The molecule has 1 spiro atoms. The number of hydrogen-bond donors (Lipinski definition) is 7. The Morgan fingerprint density at radius 1 is 0.957 bits per heavy atom. The Morgan fingerprint density at radius 3 is 2.54 bits per heavy atom. The molecular formula is C58H86N4O8. The number of methoxy groups -OCH3 is 1. The summed E-state index contributed by atoms with van der Waals surface area (Å²) in [5, 5.41) is 54.3. The number of nitrogens with zero attached hydrogens (tertiary/aromatic N) is 1. The van der Waals surface area contributed by atoms with E-state index < -0.39 is 22.7 Å². The topological polar surface area (TPSA) is 174 Å². The maximum Gasteiger partial charge on any atom is 0.207 e. The number of nitrogens with one attached hydrogen (secondary N) is 3. The molecule has 2 aromatic carbocycles. The van der Waals surface area contributed by atoms with E-state index in [-0.39, 0.29) is 47.6 Å². The molecule has 7 N–H and O–H groups in total. The van der Waals surface area contributed by atoms with Gasteiger partial charge in [-0.15, -0.1) is 0 Å². The molecule has 0 aromatic heterocycles. The zero-order valence-corrected chi connectivity index (χ0v) is 43.1. The van der Waals surface area contributed by atoms with Crippen molar-refractivity contribution in [1.82, 2.24) is 10.6 Å². The number of unbranched alkanes of at least 4 members (excludes halogenated alkanes) is 4. The second-order valence-corrected chi connectivity index (χ2v) is 21.7. The lowest BCUT2D eigenvalue weighted by molar-refractivity contribution is -0.125. The highest BCUT2D eigenvalue weighted by molar-refractivity contribution is 5.97. The number of aromatic hydroxyl groups is 2. The van der Waals surface area contributed by atoms with Crippen LogP contribution in [0.4, 0.5) is 5.69 Å². The molecule has 7 rings (SSSR count). The van der Waals surface area contributed by atoms with E-state index in [9.17, 15) is 20.4 Å². The highest BCUT2D eigenvalue weighted by atomic mass is 16.6. The molecule has 0 radical (unpaired) electrons. The Labute approximate surface area is 419 Å². The smallest absolute Gasteiger partial charge is 0.207 e. The summed E-state index contributed by atoms with van der Waals surface area (Å²) < 4.78 is 18.7. The lowest BCUT2D eigenvalue weighted by Crippen LogP contribution is -2.50. The first kappa shape index (κ1) is 53.5. The van der Waals surface area contributed by atoms with Gasteiger partial charge in [0.2, 0.25) is 5.96 Å². The second-order valence-electron chi connectivity index (χ2n) is 21.7. The third-order valence-corrected chi connectivity index (χ3v) is 17.4. The molecule has 2 aromatic rings. The van der Waals surface area contributed by atoms with Gasteiger partial charge in [-0.3, -0.25) is 15.1 Å². The van der Waals surface area contributed by atoms with Gasteiger partial charge in [-0.1, -0.05) is 76.9 Å². The van der Waals surface area contributed by atoms with Crippen molar-refractivity contribution in [3.8, 4) is 35.0 Å². The maximum atomic E-state index is 15.5. The molecule has 5 aliphatic rings. The van der Waals surface area contributed by atoms with Gasteiger partial charge in [0.1, 0.15) is 5.60 Å². The fraction of sp³-hybridized carbons (Fsp3) is 0.690. The number of ether oxygens (including phenoxy) is 3. The van der Waals surface area contributed by atoms with E-state index in [1.807, 2.05) is 25.3 Å². The van der Waals surface area contributed by atoms with Gasteiger partial charge in [0.25, 0.3) is 0 Å². The van der Waals surface area contributed by atoms with E-state index >= 15 is 4.79 Å². The number of aliphatic imine (C=N–C) groups is 1. The van der Waals surface area contributed by atoms with Crippen LogP contribution in [0.2, 0.25) is 0 Å². The Morgan fingerprint density at radius 2 is 1.77 bits per heavy atom. The van der Waals surface area contributed by atoms with Crippen molar-refractivity contribution >= 4 is 17.4 Å². The highest BCUT2D eigenvalue weighted by Crippen LogP contribution is 2.64. The van der Waals surface area contributed by atoms with Crippen molar-refractivity contribution in [3.05, 3.63) is 53.6 Å². The zero-order chi connectivity index (χ0) is 49.7. The van der Waals surface area contributed by atoms with Gasteiger partial charge < -0.3 is 45.3 Å². The minimum Gasteiger partial charge on any atom is -0.504 e. The number of aliphatic hydroxyl groups excluding tert-OH is 2. The number of phenols is 2. The van der Waals surface area contributed by atoms with Crippen molar-refractivity contribution in [3.63, 3.8) is 0 Å². The summed E-state index contributed by atoms with van der Waals surface area (Å²) in [5.74, 6) is 5.91. The molecule has 12 heteroatoms. The van der Waals surface area contributed by atoms with Gasteiger partial charge in [-0.25, -0.2) is 0 Å². The van der Waals surface area contributed by atoms with Crippen LogP contribution >= 0.6 is 0 Å². The van der Waals surface area contributed by atoms with Crippen molar-refractivity contribution in [1.29, 1.82) is 0 Å². The SMILES string of the molecule is CCCCCCOC(O)CC1CCC(CNC)(Oc2cc3cc(c2O)NC(=NC)NC#CCC2CCCC2(Cc2ccc(O)c(OC)c2)C(=O)C=CC2C(CCCC)CC(CCCO)C4CCCC324)C1. The zero-order valence-electron chi connectivity index (χ0n) is 43.1. The van der Waals surface area contributed by atoms with E-state index in [2.05, 4.69) is 65.0 Å². The molecule has 0 saturated heterocycles. The van der Waals surface area contributed by atoms with E-state index in [1.54, 1.807) is 20.2 Å². The maximum absolute atomic E-state index is 15.5. The molecule has 1 heterocycles. The van der Waals surface area contributed by atoms with Gasteiger partial charge in [0.05, 0.1) is 12.8 Å². The molecule has 386 valence electrons. The summed E-state index contributed by atoms with van der Waals surface area (Å²) in [6.07, 6.45) is 23.1. The quantitative estimate of drug-likeness (QED) is 0.0275. The number of aliphatic hydroxyl groups is 2. The number of benzene rings is 2. The molecule has 2 bridgehead atoms. The first-order valence-corrected chi connectivity index (χ1v) is 27.2. The second kappa shape index (κ2) is 24.9. The third kappa shape index (κ3) is 12.0. The Kier molecular flexibility index (Phi) is 19.0. The standard InChI is InChI=1S/C58H86N4O8/c1-6-8-10-11-31-69-53(66)33-41-25-28-56(37-41,39-59-3)70-51-36-45-35-48(54(51)67)62-55(60-4)61-29-14-19-44-18-12-26-57(44,38-40-21-23-49(64)50(32-40)68-5)52(65)24-22-47-42(16-9-7-2)34-43(17-15-30-63)46-20-13-27-58(45,46)47/h21-24,32,35-36,41-44,46-47,53,59,63-64,66-67H,6-13,15-20,25-28,30-31,33-34,37-39H2,1-5H3,(H2,60,61,62). The number of fused-ring (bicyclic) bond motifs is 3. The van der Waals surface area contributed by atoms with Crippen LogP contribution < -0.4 is 25.4 Å². The molecule has 4 fully saturated rings. The van der Waals surface area contributed by atoms with E-state index in [1.165, 1.54) is 0 Å². The summed E-state index contributed by atoms with van der Waals surface area (Å²) in [6.45, 7) is 5.71. The number of likely N-dealkylation sites (N-methyl/N-ethyl adjacent to an activating group) is 1. The number of phenolic OH excluding ortho intramolecular Hbond substituents is 2. The number of carbonyl (C=O) groups is 1. The molecule has 12 nitrogen and oxygen atoms in total. The van der Waals surface area contributed by atoms with Crippen LogP contribution in [0.5, 0.6) is 23.0 Å². The van der Waals surface area contributed by atoms with Gasteiger partial charge in [-0.05, 0) is 167 Å². The number of allylic oxidation sites excluding steroid dienone is 2.